The molecule has 0 bridgehead atoms. The van der Waals surface area contributed by atoms with Crippen molar-refractivity contribution in [2.45, 2.75) is 65.8 Å². The summed E-state index contributed by atoms with van der Waals surface area (Å²) >= 11 is 0. The number of nitrogens with zero attached hydrogens (tertiary/aromatic N) is 2. The maximum absolute atomic E-state index is 12.6. The summed E-state index contributed by atoms with van der Waals surface area (Å²) in [6.07, 6.45) is 5.64. The molecule has 0 radical (unpaired) electrons. The summed E-state index contributed by atoms with van der Waals surface area (Å²) in [7, 11) is 0. The highest BCUT2D eigenvalue weighted by Crippen LogP contribution is 2.24. The average Bonchev–Trinajstić information content (AvgIpc) is 2.56. The van der Waals surface area contributed by atoms with E-state index in [1.807, 2.05) is 4.90 Å². The lowest BCUT2D eigenvalue weighted by atomic mass is 9.89. The van der Waals surface area contributed by atoms with E-state index in [1.165, 1.54) is 12.8 Å². The highest BCUT2D eigenvalue weighted by molar-refractivity contribution is 5.88. The van der Waals surface area contributed by atoms with Crippen LogP contribution >= 0.6 is 0 Å². The van der Waals surface area contributed by atoms with Crippen LogP contribution in [0.3, 0.4) is 0 Å². The second-order valence-electron chi connectivity index (χ2n) is 8.69. The fourth-order valence-corrected chi connectivity index (χ4v) is 3.91. The lowest BCUT2D eigenvalue weighted by Crippen LogP contribution is -2.57. The number of amides is 2. The van der Waals surface area contributed by atoms with Gasteiger partial charge in [-0.3, -0.25) is 9.59 Å². The van der Waals surface area contributed by atoms with Gasteiger partial charge in [0.05, 0.1) is 12.6 Å². The minimum Gasteiger partial charge on any atom is -0.341 e. The SMILES string of the molecule is CC(C)CCC1CCN(C(=O)CN2CCNC(CC(C)C)C2=O)CC1. The van der Waals surface area contributed by atoms with Gasteiger partial charge in [-0.2, -0.15) is 0 Å². The number of carbonyl (C=O) groups excluding carboxylic acids is 2. The van der Waals surface area contributed by atoms with E-state index < -0.39 is 0 Å². The zero-order valence-electron chi connectivity index (χ0n) is 16.6. The molecule has 1 atom stereocenters. The van der Waals surface area contributed by atoms with Gasteiger partial charge >= 0.3 is 0 Å². The quantitative estimate of drug-likeness (QED) is 0.767. The van der Waals surface area contributed by atoms with Gasteiger partial charge in [0.1, 0.15) is 0 Å². The molecule has 144 valence electrons. The molecule has 2 heterocycles. The summed E-state index contributed by atoms with van der Waals surface area (Å²) in [5, 5.41) is 3.30. The van der Waals surface area contributed by atoms with Crippen LogP contribution in [0.5, 0.6) is 0 Å². The van der Waals surface area contributed by atoms with E-state index in [1.54, 1.807) is 4.90 Å². The second-order valence-corrected chi connectivity index (χ2v) is 8.69. The molecular weight excluding hydrogens is 314 g/mol. The highest BCUT2D eigenvalue weighted by Gasteiger charge is 2.31. The third kappa shape index (κ3) is 6.28. The van der Waals surface area contributed by atoms with Crippen LogP contribution in [0.4, 0.5) is 0 Å². The molecule has 0 saturated carbocycles. The summed E-state index contributed by atoms with van der Waals surface area (Å²) < 4.78 is 0. The third-order valence-corrected chi connectivity index (χ3v) is 5.53. The standard InChI is InChI=1S/C20H37N3O2/c1-15(2)5-6-17-7-10-22(11-8-17)19(24)14-23-12-9-21-18(20(23)25)13-16(3)4/h15-18,21H,5-14H2,1-4H3. The van der Waals surface area contributed by atoms with Crippen molar-refractivity contribution < 1.29 is 9.59 Å². The molecule has 0 aromatic rings. The molecule has 2 fully saturated rings. The van der Waals surface area contributed by atoms with Crippen LogP contribution in [-0.4, -0.2) is 60.4 Å². The van der Waals surface area contributed by atoms with Crippen molar-refractivity contribution in [3.63, 3.8) is 0 Å². The van der Waals surface area contributed by atoms with Gasteiger partial charge in [-0.15, -0.1) is 0 Å². The van der Waals surface area contributed by atoms with Crippen LogP contribution in [-0.2, 0) is 9.59 Å². The van der Waals surface area contributed by atoms with Crippen molar-refractivity contribution in [1.29, 1.82) is 0 Å². The van der Waals surface area contributed by atoms with Crippen LogP contribution in [0.2, 0.25) is 0 Å². The van der Waals surface area contributed by atoms with Crippen molar-refractivity contribution in [2.75, 3.05) is 32.7 Å². The first-order valence-electron chi connectivity index (χ1n) is 10.2. The molecule has 0 aromatic carbocycles. The number of nitrogens with one attached hydrogen (secondary N) is 1. The Morgan fingerprint density at radius 1 is 1.12 bits per heavy atom. The summed E-state index contributed by atoms with van der Waals surface area (Å²) in [5.74, 6) is 2.22. The summed E-state index contributed by atoms with van der Waals surface area (Å²) in [6, 6.07) is -0.122. The number of rotatable bonds is 7. The number of hydrogen-bond donors (Lipinski definition) is 1. The topological polar surface area (TPSA) is 52.7 Å². The van der Waals surface area contributed by atoms with Crippen molar-refractivity contribution >= 4 is 11.8 Å². The molecule has 2 amide bonds. The molecule has 0 aromatic heterocycles. The maximum Gasteiger partial charge on any atom is 0.242 e. The van der Waals surface area contributed by atoms with Crippen LogP contribution in [0, 0.1) is 17.8 Å². The Morgan fingerprint density at radius 3 is 2.40 bits per heavy atom. The second kappa shape index (κ2) is 9.56. The molecule has 2 aliphatic heterocycles. The molecule has 0 spiro atoms. The Labute approximate surface area is 153 Å². The van der Waals surface area contributed by atoms with Gasteiger partial charge in [0.25, 0.3) is 0 Å². The minimum atomic E-state index is -0.122. The van der Waals surface area contributed by atoms with E-state index in [2.05, 4.69) is 33.0 Å². The van der Waals surface area contributed by atoms with Crippen molar-refractivity contribution in [3.8, 4) is 0 Å². The lowest BCUT2D eigenvalue weighted by molar-refractivity contribution is -0.144. The molecule has 5 nitrogen and oxygen atoms in total. The van der Waals surface area contributed by atoms with E-state index in [0.717, 1.165) is 50.7 Å². The van der Waals surface area contributed by atoms with Crippen LogP contribution < -0.4 is 5.32 Å². The molecular formula is C20H37N3O2. The molecule has 2 saturated heterocycles. The normalized spacial score (nSPS) is 23.0. The Balaban J connectivity index is 1.77. The van der Waals surface area contributed by atoms with E-state index >= 15 is 0 Å². The van der Waals surface area contributed by atoms with Gasteiger partial charge in [-0.05, 0) is 37.0 Å². The first-order valence-corrected chi connectivity index (χ1v) is 10.2. The number of hydrogen-bond acceptors (Lipinski definition) is 3. The van der Waals surface area contributed by atoms with Gasteiger partial charge in [0.2, 0.25) is 11.8 Å². The first-order chi connectivity index (χ1) is 11.9. The molecule has 1 N–H and O–H groups in total. The Bertz CT molecular complexity index is 442. The number of likely N-dealkylation sites (tertiary alicyclic amines) is 1. The van der Waals surface area contributed by atoms with E-state index in [4.69, 9.17) is 0 Å². The number of piperazine rings is 1. The zero-order valence-corrected chi connectivity index (χ0v) is 16.6. The average molecular weight is 352 g/mol. The number of piperidine rings is 1. The monoisotopic (exact) mass is 351 g/mol. The van der Waals surface area contributed by atoms with Gasteiger partial charge in [0, 0.05) is 26.2 Å². The maximum atomic E-state index is 12.6. The van der Waals surface area contributed by atoms with Crippen LogP contribution in [0.1, 0.15) is 59.8 Å². The van der Waals surface area contributed by atoms with Gasteiger partial charge in [-0.25, -0.2) is 0 Å². The largest absolute Gasteiger partial charge is 0.341 e. The Hall–Kier alpha value is -1.10. The molecule has 0 aliphatic carbocycles. The van der Waals surface area contributed by atoms with Gasteiger partial charge in [-0.1, -0.05) is 40.5 Å². The zero-order chi connectivity index (χ0) is 18.4. The fourth-order valence-electron chi connectivity index (χ4n) is 3.91. The summed E-state index contributed by atoms with van der Waals surface area (Å²) in [6.45, 7) is 12.2. The molecule has 1 unspecified atom stereocenters. The van der Waals surface area contributed by atoms with E-state index in [9.17, 15) is 9.59 Å². The fraction of sp³-hybridized carbons (Fsp3) is 0.900. The first kappa shape index (κ1) is 20.2. The molecule has 2 rings (SSSR count). The predicted molar refractivity (Wildman–Crippen MR) is 101 cm³/mol. The smallest absolute Gasteiger partial charge is 0.242 e. The third-order valence-electron chi connectivity index (χ3n) is 5.53. The van der Waals surface area contributed by atoms with Crippen LogP contribution in [0.25, 0.3) is 0 Å². The summed E-state index contributed by atoms with van der Waals surface area (Å²) in [5.41, 5.74) is 0. The van der Waals surface area contributed by atoms with Crippen molar-refractivity contribution in [1.82, 2.24) is 15.1 Å². The van der Waals surface area contributed by atoms with Gasteiger partial charge < -0.3 is 15.1 Å². The van der Waals surface area contributed by atoms with Crippen molar-refractivity contribution in [2.24, 2.45) is 17.8 Å². The molecule has 25 heavy (non-hydrogen) atoms. The lowest BCUT2D eigenvalue weighted by Gasteiger charge is -2.37. The Kier molecular flexibility index (Phi) is 7.73. The van der Waals surface area contributed by atoms with E-state index in [-0.39, 0.29) is 24.4 Å². The minimum absolute atomic E-state index is 0.0973. The van der Waals surface area contributed by atoms with Crippen molar-refractivity contribution in [3.05, 3.63) is 0 Å². The molecule has 5 heteroatoms. The Morgan fingerprint density at radius 2 is 1.80 bits per heavy atom. The number of carbonyl (C=O) groups is 2. The predicted octanol–water partition coefficient (Wildman–Crippen LogP) is 2.51. The van der Waals surface area contributed by atoms with Crippen LogP contribution in [0.15, 0.2) is 0 Å². The van der Waals surface area contributed by atoms with Gasteiger partial charge in [0.15, 0.2) is 0 Å². The van der Waals surface area contributed by atoms with E-state index in [0.29, 0.717) is 12.5 Å². The highest BCUT2D eigenvalue weighted by atomic mass is 16.2. The molecule has 2 aliphatic rings. The summed E-state index contributed by atoms with van der Waals surface area (Å²) in [4.78, 5) is 28.9.